The summed E-state index contributed by atoms with van der Waals surface area (Å²) in [6.07, 6.45) is 5.66. The van der Waals surface area contributed by atoms with Crippen LogP contribution in [0.2, 0.25) is 0 Å². The van der Waals surface area contributed by atoms with Gasteiger partial charge in [0.05, 0.1) is 28.1 Å². The number of aromatic nitrogens is 4. The summed E-state index contributed by atoms with van der Waals surface area (Å²) in [6.45, 7) is 0. The highest BCUT2D eigenvalue weighted by atomic mass is 15.3. The third-order valence-electron chi connectivity index (χ3n) is 8.44. The number of hydrogen-bond acceptors (Lipinski definition) is 3. The average molecular weight is 552 g/mol. The quantitative estimate of drug-likeness (QED) is 0.219. The molecule has 3 aromatic heterocycles. The Morgan fingerprint density at radius 1 is 0.465 bits per heavy atom. The van der Waals surface area contributed by atoms with Crippen LogP contribution in [0.4, 0.5) is 17.1 Å². The zero-order chi connectivity index (χ0) is 28.3. The van der Waals surface area contributed by atoms with E-state index in [0.717, 1.165) is 39.6 Å². The molecule has 0 saturated heterocycles. The van der Waals surface area contributed by atoms with Crippen molar-refractivity contribution in [2.24, 2.45) is 0 Å². The van der Waals surface area contributed by atoms with Crippen molar-refractivity contribution in [3.05, 3.63) is 152 Å². The van der Waals surface area contributed by atoms with Crippen molar-refractivity contribution in [2.75, 3.05) is 4.90 Å². The molecule has 0 N–H and O–H groups in total. The molecule has 0 spiro atoms. The second-order valence-corrected chi connectivity index (χ2v) is 10.8. The lowest BCUT2D eigenvalue weighted by atomic mass is 9.94. The number of para-hydroxylation sites is 2. The molecule has 5 aromatic carbocycles. The molecule has 0 atom stereocenters. The lowest BCUT2D eigenvalue weighted by molar-refractivity contribution is 0.880. The van der Waals surface area contributed by atoms with Crippen molar-refractivity contribution >= 4 is 38.9 Å². The lowest BCUT2D eigenvalue weighted by Crippen LogP contribution is -2.12. The van der Waals surface area contributed by atoms with Crippen molar-refractivity contribution in [1.29, 1.82) is 0 Å². The van der Waals surface area contributed by atoms with E-state index in [9.17, 15) is 0 Å². The van der Waals surface area contributed by atoms with Crippen molar-refractivity contribution in [1.82, 2.24) is 19.3 Å². The Hall–Kier alpha value is -5.94. The highest BCUT2D eigenvalue weighted by molar-refractivity contribution is 6.11. The molecule has 9 rings (SSSR count). The summed E-state index contributed by atoms with van der Waals surface area (Å²) in [4.78, 5) is 7.16. The second kappa shape index (κ2) is 9.29. The molecule has 0 bridgehead atoms. The van der Waals surface area contributed by atoms with Crippen molar-refractivity contribution in [3.8, 4) is 33.8 Å². The fourth-order valence-corrected chi connectivity index (χ4v) is 6.58. The van der Waals surface area contributed by atoms with Gasteiger partial charge in [-0.1, -0.05) is 78.9 Å². The number of pyridine rings is 1. The minimum Gasteiger partial charge on any atom is -0.309 e. The molecular formula is C38H25N5. The van der Waals surface area contributed by atoms with Gasteiger partial charge in [-0.25, -0.2) is 9.67 Å². The molecule has 0 unspecified atom stereocenters. The largest absolute Gasteiger partial charge is 0.309 e. The molecule has 8 aromatic rings. The fraction of sp³-hybridized carbons (Fsp3) is 0. The summed E-state index contributed by atoms with van der Waals surface area (Å²) in [5.41, 5.74) is 11.4. The molecule has 5 nitrogen and oxygen atoms in total. The van der Waals surface area contributed by atoms with Gasteiger partial charge in [0.25, 0.3) is 0 Å². The lowest BCUT2D eigenvalue weighted by Gasteiger charge is -2.28. The Kier molecular flexibility index (Phi) is 5.13. The number of hydrogen-bond donors (Lipinski definition) is 0. The SMILES string of the molecule is c1ccc(-n2c3ccccc3c3ccc(N4c5ccccc5-c5ccccc5-c5ccc(-n6cccn6)cc54)cc32)nc1. The number of anilines is 3. The summed E-state index contributed by atoms with van der Waals surface area (Å²) in [7, 11) is 0. The predicted molar refractivity (Wildman–Crippen MR) is 175 cm³/mol. The first-order valence-electron chi connectivity index (χ1n) is 14.4. The van der Waals surface area contributed by atoms with Gasteiger partial charge in [0, 0.05) is 46.2 Å². The van der Waals surface area contributed by atoms with E-state index in [-0.39, 0.29) is 0 Å². The van der Waals surface area contributed by atoms with Crippen LogP contribution in [0, 0.1) is 0 Å². The molecule has 0 amide bonds. The molecule has 4 heterocycles. The smallest absolute Gasteiger partial charge is 0.137 e. The van der Waals surface area contributed by atoms with E-state index < -0.39 is 0 Å². The summed E-state index contributed by atoms with van der Waals surface area (Å²) in [5, 5.41) is 6.95. The molecule has 0 aliphatic carbocycles. The number of benzene rings is 5. The normalized spacial score (nSPS) is 12.1. The van der Waals surface area contributed by atoms with E-state index in [4.69, 9.17) is 4.98 Å². The van der Waals surface area contributed by atoms with Crippen LogP contribution in [0.5, 0.6) is 0 Å². The van der Waals surface area contributed by atoms with Crippen LogP contribution in [-0.4, -0.2) is 19.3 Å². The summed E-state index contributed by atoms with van der Waals surface area (Å²) >= 11 is 0. The van der Waals surface area contributed by atoms with Crippen LogP contribution in [0.3, 0.4) is 0 Å². The topological polar surface area (TPSA) is 38.9 Å². The van der Waals surface area contributed by atoms with Gasteiger partial charge in [-0.2, -0.15) is 5.10 Å². The molecule has 43 heavy (non-hydrogen) atoms. The highest BCUT2D eigenvalue weighted by Gasteiger charge is 2.27. The predicted octanol–water partition coefficient (Wildman–Crippen LogP) is 9.48. The van der Waals surface area contributed by atoms with Crippen molar-refractivity contribution in [2.45, 2.75) is 0 Å². The van der Waals surface area contributed by atoms with Crippen LogP contribution >= 0.6 is 0 Å². The van der Waals surface area contributed by atoms with Gasteiger partial charge in [-0.05, 0) is 65.7 Å². The van der Waals surface area contributed by atoms with E-state index in [1.165, 1.54) is 33.0 Å². The van der Waals surface area contributed by atoms with Gasteiger partial charge < -0.3 is 4.90 Å². The summed E-state index contributed by atoms with van der Waals surface area (Å²) in [6, 6.07) is 47.4. The number of nitrogens with zero attached hydrogens (tertiary/aromatic N) is 5. The zero-order valence-corrected chi connectivity index (χ0v) is 23.2. The molecule has 5 heteroatoms. The van der Waals surface area contributed by atoms with Crippen molar-refractivity contribution < 1.29 is 0 Å². The van der Waals surface area contributed by atoms with Crippen LogP contribution in [0.25, 0.3) is 55.6 Å². The van der Waals surface area contributed by atoms with Gasteiger partial charge in [-0.15, -0.1) is 0 Å². The van der Waals surface area contributed by atoms with Crippen LogP contribution in [-0.2, 0) is 0 Å². The van der Waals surface area contributed by atoms with E-state index in [2.05, 4.69) is 130 Å². The molecule has 0 saturated carbocycles. The Balaban J connectivity index is 1.37. The molecule has 0 radical (unpaired) electrons. The molecule has 202 valence electrons. The van der Waals surface area contributed by atoms with Crippen LogP contribution in [0.15, 0.2) is 152 Å². The van der Waals surface area contributed by atoms with E-state index in [1.807, 2.05) is 41.5 Å². The summed E-state index contributed by atoms with van der Waals surface area (Å²) in [5.74, 6) is 0.899. The maximum Gasteiger partial charge on any atom is 0.137 e. The van der Waals surface area contributed by atoms with Gasteiger partial charge >= 0.3 is 0 Å². The fourth-order valence-electron chi connectivity index (χ4n) is 6.58. The van der Waals surface area contributed by atoms with Gasteiger partial charge in [0.2, 0.25) is 0 Å². The Bertz CT molecular complexity index is 2300. The van der Waals surface area contributed by atoms with Gasteiger partial charge in [0.1, 0.15) is 5.82 Å². The van der Waals surface area contributed by atoms with E-state index in [1.54, 1.807) is 0 Å². The highest BCUT2D eigenvalue weighted by Crippen LogP contribution is 2.51. The maximum atomic E-state index is 4.76. The standard InChI is InChI=1S/C38H25N5/c1-2-11-29-28(10-1)30-12-3-5-14-34(30)42(36-24-26(17-19-32(29)36)41-23-9-22-40-41)27-18-20-33-31-13-4-6-15-35(31)43(37(33)25-27)38-16-7-8-21-39-38/h1-25H. The van der Waals surface area contributed by atoms with Crippen LogP contribution in [0.1, 0.15) is 0 Å². The Morgan fingerprint density at radius 3 is 2.00 bits per heavy atom. The molecule has 0 fully saturated rings. The average Bonchev–Trinajstić information content (AvgIpc) is 3.70. The maximum absolute atomic E-state index is 4.76. The first-order valence-corrected chi connectivity index (χ1v) is 14.4. The third kappa shape index (κ3) is 3.58. The Labute approximate surface area is 248 Å². The second-order valence-electron chi connectivity index (χ2n) is 10.8. The van der Waals surface area contributed by atoms with Crippen molar-refractivity contribution in [3.63, 3.8) is 0 Å². The van der Waals surface area contributed by atoms with E-state index >= 15 is 0 Å². The Morgan fingerprint density at radius 2 is 1.19 bits per heavy atom. The zero-order valence-electron chi connectivity index (χ0n) is 23.2. The minimum atomic E-state index is 0.899. The van der Waals surface area contributed by atoms with Crippen LogP contribution < -0.4 is 4.90 Å². The number of rotatable bonds is 3. The minimum absolute atomic E-state index is 0.899. The summed E-state index contributed by atoms with van der Waals surface area (Å²) < 4.78 is 4.19. The van der Waals surface area contributed by atoms with E-state index in [0.29, 0.717) is 0 Å². The molecule has 1 aliphatic heterocycles. The molecule has 1 aliphatic rings. The first kappa shape index (κ1) is 23.7. The first-order chi connectivity index (χ1) is 21.3. The number of fused-ring (bicyclic) bond motifs is 8. The van der Waals surface area contributed by atoms with Gasteiger partial charge in [0.15, 0.2) is 0 Å². The third-order valence-corrected chi connectivity index (χ3v) is 8.44. The molecular weight excluding hydrogens is 526 g/mol. The monoisotopic (exact) mass is 551 g/mol. The van der Waals surface area contributed by atoms with Gasteiger partial charge in [-0.3, -0.25) is 4.57 Å².